The molecule has 0 aliphatic carbocycles. The molecular weight excluding hydrogens is 541 g/mol. The number of halogens is 3. The highest BCUT2D eigenvalue weighted by atomic mass is 19.4. The van der Waals surface area contributed by atoms with Crippen LogP contribution in [0.5, 0.6) is 5.88 Å². The first-order valence-electron chi connectivity index (χ1n) is 12.4. The number of alkyl halides is 3. The summed E-state index contributed by atoms with van der Waals surface area (Å²) in [5.41, 5.74) is 1.08. The normalized spacial score (nSPS) is 12.1. The Kier molecular flexibility index (Phi) is 6.89. The lowest BCUT2D eigenvalue weighted by atomic mass is 10.1. The number of benzene rings is 2. The van der Waals surface area contributed by atoms with E-state index in [0.717, 1.165) is 10.9 Å². The number of pyridine rings is 1. The van der Waals surface area contributed by atoms with Gasteiger partial charge in [0, 0.05) is 35.9 Å². The van der Waals surface area contributed by atoms with E-state index < -0.39 is 30.0 Å². The fraction of sp³-hybridized carbons (Fsp3) is 0.250. The zero-order valence-electron chi connectivity index (χ0n) is 22.5. The van der Waals surface area contributed by atoms with Crippen molar-refractivity contribution in [1.29, 1.82) is 0 Å². The summed E-state index contributed by atoms with van der Waals surface area (Å²) in [6.45, 7) is 3.66. The first-order valence-corrected chi connectivity index (χ1v) is 12.4. The van der Waals surface area contributed by atoms with Gasteiger partial charge in [-0.15, -0.1) is 0 Å². The molecule has 5 aromatic rings. The van der Waals surface area contributed by atoms with Crippen molar-refractivity contribution in [3.8, 4) is 22.8 Å². The Labute approximate surface area is 231 Å². The van der Waals surface area contributed by atoms with E-state index in [1.165, 1.54) is 16.7 Å². The maximum Gasteiger partial charge on any atom is 0.422 e. The fourth-order valence-electron chi connectivity index (χ4n) is 4.12. The largest absolute Gasteiger partial charge is 0.468 e. The number of carbonyl (C=O) groups is 1. The minimum atomic E-state index is -4.57. The number of fused-ring (bicyclic) bond motifs is 2. The third-order valence-electron chi connectivity index (χ3n) is 5.73. The lowest BCUT2D eigenvalue weighted by Gasteiger charge is -2.19. The minimum Gasteiger partial charge on any atom is -0.468 e. The number of anilines is 1. The van der Waals surface area contributed by atoms with Crippen LogP contribution in [0.3, 0.4) is 0 Å². The Morgan fingerprint density at radius 1 is 0.976 bits per heavy atom. The van der Waals surface area contributed by atoms with Crippen molar-refractivity contribution in [2.75, 3.05) is 11.9 Å². The molecule has 212 valence electrons. The van der Waals surface area contributed by atoms with E-state index in [2.05, 4.69) is 20.4 Å². The number of aromatic nitrogens is 5. The Bertz CT molecular complexity index is 1820. The maximum absolute atomic E-state index is 13.9. The first-order chi connectivity index (χ1) is 19.3. The monoisotopic (exact) mass is 566 g/mol. The van der Waals surface area contributed by atoms with Gasteiger partial charge in [0.15, 0.2) is 12.3 Å². The summed E-state index contributed by atoms with van der Waals surface area (Å²) in [6.07, 6.45) is -3.42. The van der Waals surface area contributed by atoms with Crippen LogP contribution in [0.15, 0.2) is 65.6 Å². The van der Waals surface area contributed by atoms with Crippen LogP contribution in [0.1, 0.15) is 20.8 Å². The molecule has 0 aliphatic rings. The van der Waals surface area contributed by atoms with Gasteiger partial charge in [0.1, 0.15) is 16.8 Å². The van der Waals surface area contributed by atoms with Crippen LogP contribution >= 0.6 is 0 Å². The molecule has 2 aromatic carbocycles. The van der Waals surface area contributed by atoms with Gasteiger partial charge in [0.2, 0.25) is 5.88 Å². The van der Waals surface area contributed by atoms with Crippen LogP contribution in [0.2, 0.25) is 0 Å². The van der Waals surface area contributed by atoms with Gasteiger partial charge < -0.3 is 9.47 Å². The van der Waals surface area contributed by atoms with Crippen LogP contribution in [0, 0.1) is 0 Å². The van der Waals surface area contributed by atoms with E-state index in [1.807, 2.05) is 0 Å². The average Bonchev–Trinajstić information content (AvgIpc) is 3.25. The zero-order valence-corrected chi connectivity index (χ0v) is 22.5. The van der Waals surface area contributed by atoms with Crippen molar-refractivity contribution in [3.63, 3.8) is 0 Å². The zero-order chi connectivity index (χ0) is 29.5. The van der Waals surface area contributed by atoms with Gasteiger partial charge in [0.25, 0.3) is 5.56 Å². The van der Waals surface area contributed by atoms with Gasteiger partial charge >= 0.3 is 12.3 Å². The highest BCUT2D eigenvalue weighted by Gasteiger charge is 2.29. The van der Waals surface area contributed by atoms with Gasteiger partial charge in [0.05, 0.1) is 11.2 Å². The molecule has 0 spiro atoms. The van der Waals surface area contributed by atoms with Gasteiger partial charge in [-0.1, -0.05) is 6.07 Å². The predicted molar refractivity (Wildman–Crippen MR) is 146 cm³/mol. The molecule has 0 radical (unpaired) electrons. The van der Waals surface area contributed by atoms with Crippen LogP contribution < -0.4 is 15.6 Å². The van der Waals surface area contributed by atoms with E-state index in [-0.39, 0.29) is 22.7 Å². The topological polar surface area (TPSA) is 113 Å². The third kappa shape index (κ3) is 6.29. The molecule has 0 saturated heterocycles. The van der Waals surface area contributed by atoms with E-state index in [9.17, 15) is 22.8 Å². The summed E-state index contributed by atoms with van der Waals surface area (Å²) in [5.74, 6) is -0.322. The molecule has 0 fully saturated rings. The van der Waals surface area contributed by atoms with Gasteiger partial charge in [-0.25, -0.2) is 9.78 Å². The van der Waals surface area contributed by atoms with E-state index in [0.29, 0.717) is 16.9 Å². The molecule has 1 amide bonds. The highest BCUT2D eigenvalue weighted by molar-refractivity contribution is 5.86. The Morgan fingerprint density at radius 2 is 1.68 bits per heavy atom. The van der Waals surface area contributed by atoms with Crippen molar-refractivity contribution in [2.45, 2.75) is 32.5 Å². The van der Waals surface area contributed by atoms with Gasteiger partial charge in [-0.05, 0) is 63.2 Å². The van der Waals surface area contributed by atoms with Gasteiger partial charge in [-0.2, -0.15) is 23.3 Å². The number of nitrogens with zero attached hydrogens (tertiary/aromatic N) is 5. The van der Waals surface area contributed by atoms with E-state index >= 15 is 0 Å². The summed E-state index contributed by atoms with van der Waals surface area (Å²) in [5, 5.41) is 7.76. The fourth-order valence-corrected chi connectivity index (χ4v) is 4.12. The Hall–Kier alpha value is -4.94. The lowest BCUT2D eigenvalue weighted by Crippen LogP contribution is -2.27. The van der Waals surface area contributed by atoms with E-state index in [4.69, 9.17) is 9.47 Å². The van der Waals surface area contributed by atoms with E-state index in [1.54, 1.807) is 81.2 Å². The molecule has 13 heteroatoms. The van der Waals surface area contributed by atoms with Crippen molar-refractivity contribution >= 4 is 33.8 Å². The lowest BCUT2D eigenvalue weighted by molar-refractivity contribution is -0.154. The van der Waals surface area contributed by atoms with Crippen molar-refractivity contribution in [1.82, 2.24) is 24.3 Å². The summed E-state index contributed by atoms with van der Waals surface area (Å²) in [6, 6.07) is 14.2. The first kappa shape index (κ1) is 27.6. The van der Waals surface area contributed by atoms with Crippen molar-refractivity contribution in [3.05, 3.63) is 71.1 Å². The molecule has 5 rings (SSSR count). The smallest absolute Gasteiger partial charge is 0.422 e. The third-order valence-corrected chi connectivity index (χ3v) is 5.73. The number of carbonyl (C=O) groups excluding carboxylic acids is 1. The van der Waals surface area contributed by atoms with Crippen LogP contribution in [-0.4, -0.2) is 48.8 Å². The number of ether oxygens (including phenoxy) is 2. The average molecular weight is 567 g/mol. The maximum atomic E-state index is 13.9. The number of aryl methyl sites for hydroxylation is 1. The number of hydrogen-bond acceptors (Lipinski definition) is 7. The number of nitrogens with one attached hydrogen (secondary N) is 1. The Balaban J connectivity index is 1.62. The van der Waals surface area contributed by atoms with Crippen molar-refractivity contribution < 1.29 is 27.4 Å². The summed E-state index contributed by atoms with van der Waals surface area (Å²) < 4.78 is 51.3. The van der Waals surface area contributed by atoms with Crippen molar-refractivity contribution in [2.24, 2.45) is 7.05 Å². The molecule has 0 saturated carbocycles. The molecule has 3 aromatic heterocycles. The molecule has 0 aliphatic heterocycles. The standard InChI is InChI=1S/C28H25F3N6O4/c1-27(2,3)41-26(39)32-18-6-8-19(9-7-18)37-24-21(11-12-22(34-24)40-15-28(29,30)31)33-23(25(37)38)16-5-10-20-17(13-16)14-36(4)35-20/h5-14H,15H2,1-4H3,(H,32,39). The van der Waals surface area contributed by atoms with Gasteiger partial charge in [-0.3, -0.25) is 19.4 Å². The SMILES string of the molecule is Cn1cc2cc(-c3nc4ccc(OCC(F)(F)F)nc4n(-c4ccc(NC(=O)OC(C)(C)C)cc4)c3=O)ccc2n1. The second-order valence-electron chi connectivity index (χ2n) is 10.2. The van der Waals surface area contributed by atoms with Crippen LogP contribution in [-0.2, 0) is 11.8 Å². The molecule has 0 unspecified atom stereocenters. The number of amides is 1. The number of hydrogen-bond donors (Lipinski definition) is 1. The molecule has 0 bridgehead atoms. The molecular formula is C28H25F3N6O4. The quantitative estimate of drug-likeness (QED) is 0.294. The predicted octanol–water partition coefficient (Wildman–Crippen LogP) is 5.62. The summed E-state index contributed by atoms with van der Waals surface area (Å²) >= 11 is 0. The molecule has 0 atom stereocenters. The second-order valence-corrected chi connectivity index (χ2v) is 10.2. The molecule has 10 nitrogen and oxygen atoms in total. The molecule has 1 N–H and O–H groups in total. The number of rotatable bonds is 5. The van der Waals surface area contributed by atoms with Crippen LogP contribution in [0.4, 0.5) is 23.7 Å². The van der Waals surface area contributed by atoms with Crippen LogP contribution in [0.25, 0.3) is 39.0 Å². The highest BCUT2D eigenvalue weighted by Crippen LogP contribution is 2.26. The summed E-state index contributed by atoms with van der Waals surface area (Å²) in [7, 11) is 1.78. The second kappa shape index (κ2) is 10.2. The summed E-state index contributed by atoms with van der Waals surface area (Å²) in [4.78, 5) is 34.8. The molecule has 3 heterocycles. The molecule has 41 heavy (non-hydrogen) atoms. The minimum absolute atomic E-state index is 0.00580. The Morgan fingerprint density at radius 3 is 2.37 bits per heavy atom.